The van der Waals surface area contributed by atoms with Crippen LogP contribution in [0.5, 0.6) is 0 Å². The molecule has 0 spiro atoms. The van der Waals surface area contributed by atoms with Crippen LogP contribution in [0, 0.1) is 11.7 Å². The number of nitrogens with one attached hydrogen (secondary N) is 2. The third-order valence-electron chi connectivity index (χ3n) is 5.45. The molecule has 1 aliphatic carbocycles. The molecule has 9 nitrogen and oxygen atoms in total. The number of thioether (sulfide) groups is 1. The number of tetrazole rings is 1. The van der Waals surface area contributed by atoms with Gasteiger partial charge in [-0.3, -0.25) is 4.79 Å². The number of benzene rings is 1. The summed E-state index contributed by atoms with van der Waals surface area (Å²) in [7, 11) is 0. The Morgan fingerprint density at radius 1 is 1.32 bits per heavy atom. The summed E-state index contributed by atoms with van der Waals surface area (Å²) in [6, 6.07) is 5.73. The molecule has 2 aliphatic rings. The predicted octanol–water partition coefficient (Wildman–Crippen LogP) is 2.69. The second-order valence-corrected chi connectivity index (χ2v) is 9.34. The highest BCUT2D eigenvalue weighted by molar-refractivity contribution is 8.00. The molecule has 31 heavy (non-hydrogen) atoms. The lowest BCUT2D eigenvalue weighted by molar-refractivity contribution is -0.132. The van der Waals surface area contributed by atoms with Crippen LogP contribution < -0.4 is 10.6 Å². The van der Waals surface area contributed by atoms with Crippen molar-refractivity contribution in [3.8, 4) is 0 Å². The Labute approximate surface area is 184 Å². The molecule has 2 aromatic rings. The number of urea groups is 1. The van der Waals surface area contributed by atoms with E-state index in [-0.39, 0.29) is 23.1 Å². The fourth-order valence-electron chi connectivity index (χ4n) is 3.69. The van der Waals surface area contributed by atoms with Gasteiger partial charge in [0, 0.05) is 25.3 Å². The van der Waals surface area contributed by atoms with Crippen LogP contribution in [0.3, 0.4) is 0 Å². The Morgan fingerprint density at radius 2 is 2.16 bits per heavy atom. The standard InChI is InChI=1S/C20H26FN7O2S/c1-13(31-20-24-25-26-28(20)17-7-8-17)18(29)27-9-3-4-14(12-27)11-22-19(30)23-16-6-2-5-15(21)10-16/h2,5-6,10,13-14,17H,3-4,7-9,11-12H2,1H3,(H2,22,23,30). The third-order valence-corrected chi connectivity index (χ3v) is 6.48. The number of aromatic nitrogens is 4. The fraction of sp³-hybridized carbons (Fsp3) is 0.550. The summed E-state index contributed by atoms with van der Waals surface area (Å²) in [5, 5.41) is 17.7. The lowest BCUT2D eigenvalue weighted by Crippen LogP contribution is -2.46. The maximum atomic E-state index is 13.2. The summed E-state index contributed by atoms with van der Waals surface area (Å²) < 4.78 is 15.1. The highest BCUT2D eigenvalue weighted by atomic mass is 32.2. The number of carbonyl (C=O) groups excluding carboxylic acids is 2. The molecule has 2 N–H and O–H groups in total. The van der Waals surface area contributed by atoms with E-state index in [0.29, 0.717) is 36.5 Å². The number of hydrogen-bond donors (Lipinski definition) is 2. The average molecular weight is 448 g/mol. The van der Waals surface area contributed by atoms with Gasteiger partial charge in [-0.15, -0.1) is 5.10 Å². The SMILES string of the molecule is CC(Sc1nnnn1C1CC1)C(=O)N1CCCC(CNC(=O)Nc2cccc(F)c2)C1. The Balaban J connectivity index is 1.25. The maximum Gasteiger partial charge on any atom is 0.319 e. The van der Waals surface area contributed by atoms with Crippen molar-refractivity contribution in [2.75, 3.05) is 25.0 Å². The van der Waals surface area contributed by atoms with Gasteiger partial charge < -0.3 is 15.5 Å². The van der Waals surface area contributed by atoms with Gasteiger partial charge in [0.05, 0.1) is 11.3 Å². The summed E-state index contributed by atoms with van der Waals surface area (Å²) in [6.07, 6.45) is 3.98. The van der Waals surface area contributed by atoms with E-state index < -0.39 is 5.82 Å². The molecule has 1 saturated carbocycles. The van der Waals surface area contributed by atoms with E-state index in [0.717, 1.165) is 25.7 Å². The van der Waals surface area contributed by atoms with Gasteiger partial charge in [-0.2, -0.15) is 0 Å². The van der Waals surface area contributed by atoms with E-state index in [1.807, 2.05) is 16.5 Å². The van der Waals surface area contributed by atoms with E-state index in [9.17, 15) is 14.0 Å². The number of piperidine rings is 1. The second kappa shape index (κ2) is 9.63. The zero-order valence-corrected chi connectivity index (χ0v) is 18.1. The minimum atomic E-state index is -0.405. The fourth-order valence-corrected chi connectivity index (χ4v) is 4.63. The van der Waals surface area contributed by atoms with Crippen molar-refractivity contribution in [3.63, 3.8) is 0 Å². The first-order valence-corrected chi connectivity index (χ1v) is 11.4. The van der Waals surface area contributed by atoms with Gasteiger partial charge in [-0.1, -0.05) is 17.8 Å². The Kier molecular flexibility index (Phi) is 6.69. The van der Waals surface area contributed by atoms with Crippen molar-refractivity contribution in [1.29, 1.82) is 0 Å². The highest BCUT2D eigenvalue weighted by Gasteiger charge is 2.32. The first-order valence-electron chi connectivity index (χ1n) is 10.5. The Bertz CT molecular complexity index is 936. The van der Waals surface area contributed by atoms with Crippen LogP contribution in [0.2, 0.25) is 0 Å². The van der Waals surface area contributed by atoms with Gasteiger partial charge in [0.15, 0.2) is 0 Å². The van der Waals surface area contributed by atoms with Gasteiger partial charge in [-0.25, -0.2) is 13.9 Å². The van der Waals surface area contributed by atoms with Crippen LogP contribution in [0.15, 0.2) is 29.4 Å². The van der Waals surface area contributed by atoms with Crippen LogP contribution >= 0.6 is 11.8 Å². The summed E-state index contributed by atoms with van der Waals surface area (Å²) in [5.74, 6) is -0.174. The molecule has 2 heterocycles. The maximum absolute atomic E-state index is 13.2. The molecule has 0 radical (unpaired) electrons. The molecule has 11 heteroatoms. The number of anilines is 1. The first-order chi connectivity index (χ1) is 15.0. The summed E-state index contributed by atoms with van der Waals surface area (Å²) in [6.45, 7) is 3.64. The minimum Gasteiger partial charge on any atom is -0.341 e. The lowest BCUT2D eigenvalue weighted by atomic mass is 9.98. The molecule has 4 rings (SSSR count). The molecular formula is C20H26FN7O2S. The van der Waals surface area contributed by atoms with Crippen LogP contribution in [-0.2, 0) is 4.79 Å². The predicted molar refractivity (Wildman–Crippen MR) is 114 cm³/mol. The molecule has 1 saturated heterocycles. The largest absolute Gasteiger partial charge is 0.341 e. The monoisotopic (exact) mass is 447 g/mol. The number of carbonyl (C=O) groups is 2. The molecule has 0 bridgehead atoms. The van der Waals surface area contributed by atoms with Crippen LogP contribution in [0.1, 0.15) is 38.6 Å². The van der Waals surface area contributed by atoms with Crippen molar-refractivity contribution in [1.82, 2.24) is 30.4 Å². The van der Waals surface area contributed by atoms with Crippen molar-refractivity contribution in [2.45, 2.75) is 49.1 Å². The number of halogens is 1. The zero-order valence-electron chi connectivity index (χ0n) is 17.3. The van der Waals surface area contributed by atoms with Gasteiger partial charge in [0.25, 0.3) is 0 Å². The molecular weight excluding hydrogens is 421 g/mol. The molecule has 1 aromatic carbocycles. The van der Waals surface area contributed by atoms with E-state index in [4.69, 9.17) is 0 Å². The Hall–Kier alpha value is -2.69. The quantitative estimate of drug-likeness (QED) is 0.633. The first kappa shape index (κ1) is 21.5. The number of nitrogens with zero attached hydrogens (tertiary/aromatic N) is 5. The van der Waals surface area contributed by atoms with E-state index in [1.165, 1.54) is 30.0 Å². The van der Waals surface area contributed by atoms with Crippen molar-refractivity contribution >= 4 is 29.4 Å². The van der Waals surface area contributed by atoms with E-state index in [2.05, 4.69) is 26.2 Å². The zero-order chi connectivity index (χ0) is 21.8. The molecule has 1 aromatic heterocycles. The number of hydrogen-bond acceptors (Lipinski definition) is 6. The van der Waals surface area contributed by atoms with Crippen LogP contribution in [-0.4, -0.2) is 61.9 Å². The topological polar surface area (TPSA) is 105 Å². The summed E-state index contributed by atoms with van der Waals surface area (Å²) >= 11 is 1.39. The molecule has 166 valence electrons. The molecule has 2 fully saturated rings. The number of amides is 3. The van der Waals surface area contributed by atoms with Crippen molar-refractivity contribution in [2.24, 2.45) is 5.92 Å². The third kappa shape index (κ3) is 5.72. The average Bonchev–Trinajstić information content (AvgIpc) is 3.50. The van der Waals surface area contributed by atoms with Gasteiger partial charge in [0.2, 0.25) is 11.1 Å². The summed E-state index contributed by atoms with van der Waals surface area (Å²) in [4.78, 5) is 26.9. The van der Waals surface area contributed by atoms with Crippen molar-refractivity contribution in [3.05, 3.63) is 30.1 Å². The molecule has 2 unspecified atom stereocenters. The van der Waals surface area contributed by atoms with Crippen molar-refractivity contribution < 1.29 is 14.0 Å². The normalized spacial score (nSPS) is 19.7. The summed E-state index contributed by atoms with van der Waals surface area (Å²) in [5.41, 5.74) is 0.400. The van der Waals surface area contributed by atoms with Gasteiger partial charge in [-0.05, 0) is 67.2 Å². The van der Waals surface area contributed by atoms with Gasteiger partial charge in [0.1, 0.15) is 5.82 Å². The molecule has 3 amide bonds. The molecule has 1 aliphatic heterocycles. The Morgan fingerprint density at radius 3 is 2.94 bits per heavy atom. The van der Waals surface area contributed by atoms with Crippen LogP contribution in [0.4, 0.5) is 14.9 Å². The van der Waals surface area contributed by atoms with Crippen LogP contribution in [0.25, 0.3) is 0 Å². The highest BCUT2D eigenvalue weighted by Crippen LogP contribution is 2.37. The number of rotatable bonds is 7. The second-order valence-electron chi connectivity index (χ2n) is 8.04. The molecule has 2 atom stereocenters. The van der Waals surface area contributed by atoms with Gasteiger partial charge >= 0.3 is 6.03 Å². The lowest BCUT2D eigenvalue weighted by Gasteiger charge is -2.34. The van der Waals surface area contributed by atoms with E-state index >= 15 is 0 Å². The minimum absolute atomic E-state index is 0.0595. The number of likely N-dealkylation sites (tertiary alicyclic amines) is 1. The van der Waals surface area contributed by atoms with E-state index in [1.54, 1.807) is 6.07 Å². The smallest absolute Gasteiger partial charge is 0.319 e.